The van der Waals surface area contributed by atoms with E-state index in [0.717, 1.165) is 11.1 Å². The number of nitrogens with one attached hydrogen (secondary N) is 2. The lowest BCUT2D eigenvalue weighted by Gasteiger charge is -2.09. The Balaban J connectivity index is 1.78. The molecule has 1 aromatic heterocycles. The molecule has 3 rings (SSSR count). The average Bonchev–Trinajstić information content (AvgIpc) is 2.97. The van der Waals surface area contributed by atoms with Gasteiger partial charge in [0.05, 0.1) is 6.61 Å². The topological polar surface area (TPSA) is 71.9 Å². The number of halogens is 1. The van der Waals surface area contributed by atoms with Crippen molar-refractivity contribution in [2.45, 2.75) is 13.2 Å². The molecule has 2 N–H and O–H groups in total. The molecule has 1 heterocycles. The van der Waals surface area contributed by atoms with Crippen LogP contribution in [0.5, 0.6) is 0 Å². The van der Waals surface area contributed by atoms with Gasteiger partial charge in [0.2, 0.25) is 5.91 Å². The number of benzene rings is 2. The third-order valence-electron chi connectivity index (χ3n) is 3.68. The van der Waals surface area contributed by atoms with Gasteiger partial charge in [-0.2, -0.15) is 5.10 Å². The molecule has 0 saturated carbocycles. The first-order valence-corrected chi connectivity index (χ1v) is 8.64. The normalized spacial score (nSPS) is 10.7. The number of rotatable bonds is 6. The fraction of sp³-hybridized carbons (Fsp3) is 0.167. The molecular formula is C18H17ClN4O2S. The van der Waals surface area contributed by atoms with E-state index in [1.807, 2.05) is 36.4 Å². The van der Waals surface area contributed by atoms with Crippen molar-refractivity contribution in [3.8, 4) is 11.4 Å². The van der Waals surface area contributed by atoms with E-state index in [4.69, 9.17) is 28.6 Å². The number of nitrogens with zero attached hydrogens (tertiary/aromatic N) is 2. The van der Waals surface area contributed by atoms with E-state index in [-0.39, 0.29) is 12.5 Å². The lowest BCUT2D eigenvalue weighted by Crippen LogP contribution is -2.19. The molecule has 0 atom stereocenters. The SMILES string of the molecule is COCc1cccc(NC(=O)Cn2c(-c3ccc(Cl)cc3)n[nH]c2=S)c1. The summed E-state index contributed by atoms with van der Waals surface area (Å²) in [6, 6.07) is 14.7. The van der Waals surface area contributed by atoms with Crippen LogP contribution < -0.4 is 5.32 Å². The molecule has 0 unspecified atom stereocenters. The standard InChI is InChI=1S/C18H17ClN4O2S/c1-25-11-12-3-2-4-15(9-12)20-16(24)10-23-17(21-22-18(23)26)13-5-7-14(19)8-6-13/h2-9H,10-11H2,1H3,(H,20,24)(H,22,26). The molecule has 134 valence electrons. The molecule has 2 aromatic carbocycles. The second-order valence-corrected chi connectivity index (χ2v) is 6.45. The number of carbonyl (C=O) groups excluding carboxylic acids is 1. The van der Waals surface area contributed by atoms with Crippen LogP contribution in [0.3, 0.4) is 0 Å². The Hall–Kier alpha value is -2.48. The van der Waals surface area contributed by atoms with E-state index in [1.165, 1.54) is 0 Å². The summed E-state index contributed by atoms with van der Waals surface area (Å²) in [4.78, 5) is 12.5. The van der Waals surface area contributed by atoms with Crippen molar-refractivity contribution in [2.24, 2.45) is 0 Å². The maximum absolute atomic E-state index is 12.5. The van der Waals surface area contributed by atoms with Crippen LogP contribution in [0.4, 0.5) is 5.69 Å². The van der Waals surface area contributed by atoms with Gasteiger partial charge in [-0.3, -0.25) is 14.5 Å². The summed E-state index contributed by atoms with van der Waals surface area (Å²) in [5.41, 5.74) is 2.50. The summed E-state index contributed by atoms with van der Waals surface area (Å²) < 4.78 is 7.13. The Labute approximate surface area is 160 Å². The number of H-pyrrole nitrogens is 1. The van der Waals surface area contributed by atoms with Gasteiger partial charge >= 0.3 is 0 Å². The van der Waals surface area contributed by atoms with Gasteiger partial charge in [-0.05, 0) is 54.2 Å². The van der Waals surface area contributed by atoms with Crippen LogP contribution in [0.25, 0.3) is 11.4 Å². The highest BCUT2D eigenvalue weighted by atomic mass is 35.5. The summed E-state index contributed by atoms with van der Waals surface area (Å²) >= 11 is 11.2. The number of aromatic nitrogens is 3. The Morgan fingerprint density at radius 2 is 2.08 bits per heavy atom. The summed E-state index contributed by atoms with van der Waals surface area (Å²) in [5, 5.41) is 10.4. The number of methoxy groups -OCH3 is 1. The number of amides is 1. The van der Waals surface area contributed by atoms with Crippen molar-refractivity contribution < 1.29 is 9.53 Å². The van der Waals surface area contributed by atoms with E-state index in [9.17, 15) is 4.79 Å². The van der Waals surface area contributed by atoms with Crippen molar-refractivity contribution in [3.63, 3.8) is 0 Å². The molecular weight excluding hydrogens is 372 g/mol. The van der Waals surface area contributed by atoms with Crippen LogP contribution >= 0.6 is 23.8 Å². The zero-order valence-electron chi connectivity index (χ0n) is 14.0. The smallest absolute Gasteiger partial charge is 0.244 e. The van der Waals surface area contributed by atoms with Gasteiger partial charge in [-0.15, -0.1) is 0 Å². The summed E-state index contributed by atoms with van der Waals surface area (Å²) in [5.74, 6) is 0.377. The lowest BCUT2D eigenvalue weighted by molar-refractivity contribution is -0.116. The van der Waals surface area contributed by atoms with Crippen LogP contribution in [0.1, 0.15) is 5.56 Å². The first-order chi connectivity index (χ1) is 12.6. The van der Waals surface area contributed by atoms with E-state index < -0.39 is 0 Å². The molecule has 0 saturated heterocycles. The third kappa shape index (κ3) is 4.37. The number of ether oxygens (including phenoxy) is 1. The second-order valence-electron chi connectivity index (χ2n) is 5.63. The van der Waals surface area contributed by atoms with Gasteiger partial charge in [0, 0.05) is 23.4 Å². The summed E-state index contributed by atoms with van der Waals surface area (Å²) in [6.07, 6.45) is 0. The highest BCUT2D eigenvalue weighted by Gasteiger charge is 2.13. The molecule has 3 aromatic rings. The fourth-order valence-corrected chi connectivity index (χ4v) is 2.86. The van der Waals surface area contributed by atoms with Gasteiger partial charge < -0.3 is 10.1 Å². The molecule has 0 spiro atoms. The monoisotopic (exact) mass is 388 g/mol. The van der Waals surface area contributed by atoms with Crippen LogP contribution in [0.15, 0.2) is 48.5 Å². The molecule has 0 bridgehead atoms. The summed E-state index contributed by atoms with van der Waals surface area (Å²) in [6.45, 7) is 0.527. The highest BCUT2D eigenvalue weighted by Crippen LogP contribution is 2.20. The number of aromatic amines is 1. The summed E-state index contributed by atoms with van der Waals surface area (Å²) in [7, 11) is 1.63. The minimum Gasteiger partial charge on any atom is -0.380 e. The van der Waals surface area contributed by atoms with E-state index in [0.29, 0.717) is 27.9 Å². The van der Waals surface area contributed by atoms with Crippen LogP contribution in [-0.4, -0.2) is 27.8 Å². The van der Waals surface area contributed by atoms with Crippen molar-refractivity contribution >= 4 is 35.4 Å². The van der Waals surface area contributed by atoms with Crippen molar-refractivity contribution in [2.75, 3.05) is 12.4 Å². The first-order valence-electron chi connectivity index (χ1n) is 7.85. The van der Waals surface area contributed by atoms with Gasteiger partial charge in [0.15, 0.2) is 10.6 Å². The van der Waals surface area contributed by atoms with Gasteiger partial charge in [0.25, 0.3) is 0 Å². The van der Waals surface area contributed by atoms with E-state index in [1.54, 1.807) is 23.8 Å². The molecule has 0 aliphatic heterocycles. The molecule has 8 heteroatoms. The van der Waals surface area contributed by atoms with Gasteiger partial charge in [-0.25, -0.2) is 0 Å². The molecule has 0 aliphatic rings. The first kappa shape index (κ1) is 18.3. The third-order valence-corrected chi connectivity index (χ3v) is 4.25. The quantitative estimate of drug-likeness (QED) is 0.625. The predicted molar refractivity (Wildman–Crippen MR) is 104 cm³/mol. The number of anilines is 1. The molecule has 26 heavy (non-hydrogen) atoms. The Bertz CT molecular complexity index is 966. The molecule has 6 nitrogen and oxygen atoms in total. The Kier molecular flexibility index (Phi) is 5.82. The zero-order chi connectivity index (χ0) is 18.5. The van der Waals surface area contributed by atoms with Gasteiger partial charge in [0.1, 0.15) is 6.54 Å². The van der Waals surface area contributed by atoms with Crippen LogP contribution in [0, 0.1) is 4.77 Å². The molecule has 1 amide bonds. The minimum absolute atomic E-state index is 0.0435. The Morgan fingerprint density at radius 1 is 1.31 bits per heavy atom. The highest BCUT2D eigenvalue weighted by molar-refractivity contribution is 7.71. The molecule has 0 aliphatic carbocycles. The molecule has 0 radical (unpaired) electrons. The Morgan fingerprint density at radius 3 is 2.81 bits per heavy atom. The van der Waals surface area contributed by atoms with Crippen molar-refractivity contribution in [1.82, 2.24) is 14.8 Å². The maximum atomic E-state index is 12.5. The molecule has 0 fully saturated rings. The van der Waals surface area contributed by atoms with Crippen LogP contribution in [-0.2, 0) is 22.7 Å². The number of carbonyl (C=O) groups is 1. The minimum atomic E-state index is -0.202. The zero-order valence-corrected chi connectivity index (χ0v) is 15.6. The number of hydrogen-bond donors (Lipinski definition) is 2. The predicted octanol–water partition coefficient (Wildman–Crippen LogP) is 4.05. The van der Waals surface area contributed by atoms with Crippen molar-refractivity contribution in [1.29, 1.82) is 0 Å². The maximum Gasteiger partial charge on any atom is 0.244 e. The average molecular weight is 389 g/mol. The fourth-order valence-electron chi connectivity index (χ4n) is 2.53. The van der Waals surface area contributed by atoms with E-state index in [2.05, 4.69) is 15.5 Å². The van der Waals surface area contributed by atoms with Gasteiger partial charge in [-0.1, -0.05) is 23.7 Å². The second kappa shape index (κ2) is 8.27. The lowest BCUT2D eigenvalue weighted by atomic mass is 10.2. The number of hydrogen-bond acceptors (Lipinski definition) is 4. The van der Waals surface area contributed by atoms with E-state index >= 15 is 0 Å². The van der Waals surface area contributed by atoms with Crippen molar-refractivity contribution in [3.05, 3.63) is 63.9 Å². The largest absolute Gasteiger partial charge is 0.380 e. The van der Waals surface area contributed by atoms with Crippen LogP contribution in [0.2, 0.25) is 5.02 Å².